The fourth-order valence-corrected chi connectivity index (χ4v) is 3.48. The monoisotopic (exact) mass is 380 g/mol. The number of carbonyl (C=O) groups excluding carboxylic acids is 1. The first kappa shape index (κ1) is 20.0. The van der Waals surface area contributed by atoms with Gasteiger partial charge in [0.15, 0.2) is 0 Å². The second-order valence-electron chi connectivity index (χ2n) is 7.80. The number of fused-ring (bicyclic) bond motifs is 1. The molecular formula is C23H28N2O3. The molecule has 1 aliphatic heterocycles. The third-order valence-electron chi connectivity index (χ3n) is 5.26. The van der Waals surface area contributed by atoms with Gasteiger partial charge in [-0.2, -0.15) is 0 Å². The number of aliphatic hydroxyl groups is 1. The van der Waals surface area contributed by atoms with E-state index in [9.17, 15) is 9.90 Å². The van der Waals surface area contributed by atoms with Gasteiger partial charge in [-0.25, -0.2) is 4.79 Å². The summed E-state index contributed by atoms with van der Waals surface area (Å²) in [5, 5.41) is 13.4. The first-order chi connectivity index (χ1) is 13.2. The Morgan fingerprint density at radius 2 is 2.04 bits per heavy atom. The molecule has 0 radical (unpaired) electrons. The number of nitrogens with one attached hydrogen (secondary N) is 1. The molecule has 5 heteroatoms. The van der Waals surface area contributed by atoms with Crippen molar-refractivity contribution in [3.63, 3.8) is 0 Å². The van der Waals surface area contributed by atoms with Crippen LogP contribution in [-0.4, -0.2) is 24.8 Å². The molecule has 1 unspecified atom stereocenters. The number of methoxy groups -OCH3 is 1. The van der Waals surface area contributed by atoms with Crippen LogP contribution in [0.2, 0.25) is 0 Å². The molecule has 2 aromatic rings. The van der Waals surface area contributed by atoms with Crippen molar-refractivity contribution < 1.29 is 14.6 Å². The summed E-state index contributed by atoms with van der Waals surface area (Å²) in [6.07, 6.45) is -0.0802. The molecule has 0 saturated carbocycles. The van der Waals surface area contributed by atoms with E-state index in [2.05, 4.69) is 18.0 Å². The van der Waals surface area contributed by atoms with Crippen LogP contribution in [0.15, 0.2) is 49.0 Å². The maximum absolute atomic E-state index is 13.1. The predicted octanol–water partition coefficient (Wildman–Crippen LogP) is 4.62. The minimum Gasteiger partial charge on any atom is -0.497 e. The van der Waals surface area contributed by atoms with Crippen LogP contribution in [0.3, 0.4) is 0 Å². The Morgan fingerprint density at radius 1 is 1.29 bits per heavy atom. The van der Waals surface area contributed by atoms with Crippen molar-refractivity contribution in [3.8, 4) is 5.75 Å². The van der Waals surface area contributed by atoms with Crippen molar-refractivity contribution in [1.29, 1.82) is 0 Å². The maximum atomic E-state index is 13.1. The SMILES string of the molecule is C=C(C)c1cccc(C(C)(C)NC(=O)N2CCC(O)c3ccc(OC)cc32)c1. The quantitative estimate of drug-likeness (QED) is 0.814. The number of aliphatic hydroxyl groups excluding tert-OH is 1. The van der Waals surface area contributed by atoms with Crippen LogP contribution >= 0.6 is 0 Å². The number of hydrogen-bond donors (Lipinski definition) is 2. The summed E-state index contributed by atoms with van der Waals surface area (Å²) in [5.41, 5.74) is 3.89. The van der Waals surface area contributed by atoms with Gasteiger partial charge in [0.25, 0.3) is 0 Å². The third kappa shape index (κ3) is 3.90. The van der Waals surface area contributed by atoms with Gasteiger partial charge in [0, 0.05) is 18.2 Å². The molecule has 5 nitrogen and oxygen atoms in total. The van der Waals surface area contributed by atoms with Crippen LogP contribution in [0.25, 0.3) is 5.57 Å². The highest BCUT2D eigenvalue weighted by Crippen LogP contribution is 2.36. The van der Waals surface area contributed by atoms with Gasteiger partial charge in [0.05, 0.1) is 24.4 Å². The lowest BCUT2D eigenvalue weighted by Crippen LogP contribution is -2.50. The van der Waals surface area contributed by atoms with Gasteiger partial charge in [-0.3, -0.25) is 4.90 Å². The van der Waals surface area contributed by atoms with E-state index in [0.29, 0.717) is 24.4 Å². The van der Waals surface area contributed by atoms with Crippen molar-refractivity contribution in [2.24, 2.45) is 0 Å². The summed E-state index contributed by atoms with van der Waals surface area (Å²) in [7, 11) is 1.59. The molecule has 148 valence electrons. The van der Waals surface area contributed by atoms with Crippen molar-refractivity contribution in [1.82, 2.24) is 5.32 Å². The van der Waals surface area contributed by atoms with Crippen LogP contribution in [0, 0.1) is 0 Å². The zero-order chi connectivity index (χ0) is 20.5. The molecule has 1 atom stereocenters. The average Bonchev–Trinajstić information content (AvgIpc) is 2.67. The second-order valence-corrected chi connectivity index (χ2v) is 7.80. The van der Waals surface area contributed by atoms with Gasteiger partial charge in [-0.05, 0) is 50.5 Å². The summed E-state index contributed by atoms with van der Waals surface area (Å²) < 4.78 is 5.30. The molecule has 0 bridgehead atoms. The molecule has 2 aromatic carbocycles. The van der Waals surface area contributed by atoms with Crippen LogP contribution in [0.4, 0.5) is 10.5 Å². The highest BCUT2D eigenvalue weighted by Gasteiger charge is 2.31. The first-order valence-corrected chi connectivity index (χ1v) is 9.45. The maximum Gasteiger partial charge on any atom is 0.322 e. The average molecular weight is 380 g/mol. The Labute approximate surface area is 166 Å². The van der Waals surface area contributed by atoms with Gasteiger partial charge in [0.1, 0.15) is 5.75 Å². The van der Waals surface area contributed by atoms with Crippen LogP contribution in [0.5, 0.6) is 5.75 Å². The number of ether oxygens (including phenoxy) is 1. The number of allylic oxidation sites excluding steroid dienone is 1. The lowest BCUT2D eigenvalue weighted by atomic mass is 9.91. The molecular weight excluding hydrogens is 352 g/mol. The minimum absolute atomic E-state index is 0.202. The zero-order valence-electron chi connectivity index (χ0n) is 17.0. The van der Waals surface area contributed by atoms with E-state index in [1.165, 1.54) is 0 Å². The fraction of sp³-hybridized carbons (Fsp3) is 0.348. The van der Waals surface area contributed by atoms with E-state index in [1.807, 2.05) is 45.0 Å². The van der Waals surface area contributed by atoms with Crippen molar-refractivity contribution in [2.45, 2.75) is 38.8 Å². The van der Waals surface area contributed by atoms with Crippen molar-refractivity contribution >= 4 is 17.3 Å². The van der Waals surface area contributed by atoms with Gasteiger partial charge in [-0.1, -0.05) is 36.4 Å². The minimum atomic E-state index is -0.579. The second kappa shape index (κ2) is 7.68. The number of amides is 2. The molecule has 1 heterocycles. The molecule has 0 spiro atoms. The summed E-state index contributed by atoms with van der Waals surface area (Å²) >= 11 is 0. The van der Waals surface area contributed by atoms with Gasteiger partial charge in [-0.15, -0.1) is 0 Å². The van der Waals surface area contributed by atoms with E-state index in [0.717, 1.165) is 22.3 Å². The van der Waals surface area contributed by atoms with Crippen molar-refractivity contribution in [3.05, 3.63) is 65.7 Å². The zero-order valence-corrected chi connectivity index (χ0v) is 17.0. The predicted molar refractivity (Wildman–Crippen MR) is 113 cm³/mol. The van der Waals surface area contributed by atoms with Gasteiger partial charge < -0.3 is 15.2 Å². The van der Waals surface area contributed by atoms with E-state index in [1.54, 1.807) is 24.1 Å². The van der Waals surface area contributed by atoms with E-state index >= 15 is 0 Å². The van der Waals surface area contributed by atoms with E-state index in [-0.39, 0.29) is 6.03 Å². The molecule has 0 saturated heterocycles. The summed E-state index contributed by atoms with van der Waals surface area (Å²) in [4.78, 5) is 14.8. The normalized spacial score (nSPS) is 16.3. The first-order valence-electron chi connectivity index (χ1n) is 9.45. The number of anilines is 1. The molecule has 2 N–H and O–H groups in total. The molecule has 1 aliphatic rings. The number of urea groups is 1. The lowest BCUT2D eigenvalue weighted by molar-refractivity contribution is 0.163. The summed E-state index contributed by atoms with van der Waals surface area (Å²) in [5.74, 6) is 0.652. The Kier molecular flexibility index (Phi) is 5.47. The number of rotatable bonds is 4. The number of nitrogens with zero attached hydrogens (tertiary/aromatic N) is 1. The standard InChI is InChI=1S/C23H28N2O3/c1-15(2)16-7-6-8-17(13-16)23(3,4)24-22(27)25-12-11-21(26)19-10-9-18(28-5)14-20(19)25/h6-10,13-14,21,26H,1,11-12H2,2-5H3,(H,24,27). The highest BCUT2D eigenvalue weighted by atomic mass is 16.5. The Balaban J connectivity index is 1.88. The van der Waals surface area contributed by atoms with Crippen LogP contribution < -0.4 is 15.0 Å². The molecule has 0 aliphatic carbocycles. The molecule has 2 amide bonds. The lowest BCUT2D eigenvalue weighted by Gasteiger charge is -2.36. The summed E-state index contributed by atoms with van der Waals surface area (Å²) in [6.45, 7) is 10.4. The van der Waals surface area contributed by atoms with E-state index < -0.39 is 11.6 Å². The molecule has 28 heavy (non-hydrogen) atoms. The van der Waals surface area contributed by atoms with Crippen LogP contribution in [0.1, 0.15) is 50.0 Å². The fourth-order valence-electron chi connectivity index (χ4n) is 3.48. The number of carbonyl (C=O) groups is 1. The molecule has 3 rings (SSSR count). The largest absolute Gasteiger partial charge is 0.497 e. The number of hydrogen-bond acceptors (Lipinski definition) is 3. The van der Waals surface area contributed by atoms with Crippen LogP contribution in [-0.2, 0) is 5.54 Å². The van der Waals surface area contributed by atoms with Crippen molar-refractivity contribution in [2.75, 3.05) is 18.6 Å². The molecule has 0 fully saturated rings. The molecule has 0 aromatic heterocycles. The third-order valence-corrected chi connectivity index (χ3v) is 5.26. The van der Waals surface area contributed by atoms with E-state index in [4.69, 9.17) is 4.74 Å². The summed E-state index contributed by atoms with van der Waals surface area (Å²) in [6, 6.07) is 13.3. The Morgan fingerprint density at radius 3 is 2.71 bits per heavy atom. The van der Waals surface area contributed by atoms with Gasteiger partial charge in [0.2, 0.25) is 0 Å². The Hall–Kier alpha value is -2.79. The number of benzene rings is 2. The van der Waals surface area contributed by atoms with Gasteiger partial charge >= 0.3 is 6.03 Å². The smallest absolute Gasteiger partial charge is 0.322 e. The topological polar surface area (TPSA) is 61.8 Å². The Bertz CT molecular complexity index is 904. The highest BCUT2D eigenvalue weighted by molar-refractivity contribution is 5.94.